The van der Waals surface area contributed by atoms with Crippen LogP contribution in [0.25, 0.3) is 0 Å². The number of hydrogen-bond donors (Lipinski definition) is 1. The maximum absolute atomic E-state index is 13.9. The molecule has 0 atom stereocenters. The first-order chi connectivity index (χ1) is 14.5. The number of amides is 2. The van der Waals surface area contributed by atoms with E-state index >= 15 is 0 Å². The molecule has 2 aromatic carbocycles. The zero-order chi connectivity index (χ0) is 23.1. The molecule has 2 amide bonds. The van der Waals surface area contributed by atoms with Crippen LogP contribution in [0.3, 0.4) is 0 Å². The zero-order valence-corrected chi connectivity index (χ0v) is 25.5. The maximum Gasteiger partial charge on any atom is 2.00 e. The first-order valence-electron chi connectivity index (χ1n) is 11.6. The van der Waals surface area contributed by atoms with Gasteiger partial charge in [0.2, 0.25) is 11.8 Å². The summed E-state index contributed by atoms with van der Waals surface area (Å²) in [7, 11) is 0. The van der Waals surface area contributed by atoms with E-state index in [9.17, 15) is 9.59 Å². The van der Waals surface area contributed by atoms with Crippen molar-refractivity contribution in [2.75, 3.05) is 0 Å². The van der Waals surface area contributed by atoms with E-state index in [0.29, 0.717) is 0 Å². The Kier molecular flexibility index (Phi) is 12.5. The summed E-state index contributed by atoms with van der Waals surface area (Å²) in [4.78, 5) is 26.7. The molecule has 1 fully saturated rings. The van der Waals surface area contributed by atoms with Crippen molar-refractivity contribution in [1.82, 2.24) is 5.32 Å². The van der Waals surface area contributed by atoms with E-state index in [1.54, 1.807) is 0 Å². The second-order valence-electron chi connectivity index (χ2n) is 10.2. The summed E-state index contributed by atoms with van der Waals surface area (Å²) in [6.45, 7) is 17.4. The molecule has 1 saturated heterocycles. The molecule has 0 aromatic heterocycles. The van der Waals surface area contributed by atoms with Crippen molar-refractivity contribution in [3.63, 3.8) is 0 Å². The number of benzene rings is 2. The molecule has 0 saturated carbocycles. The summed E-state index contributed by atoms with van der Waals surface area (Å²) in [5, 5.41) is 2.69. The van der Waals surface area contributed by atoms with E-state index in [1.165, 1.54) is 0 Å². The molecule has 2 aromatic rings. The van der Waals surface area contributed by atoms with Crippen molar-refractivity contribution in [3.05, 3.63) is 69.8 Å². The van der Waals surface area contributed by atoms with Gasteiger partial charge in [0, 0.05) is 6.42 Å². The van der Waals surface area contributed by atoms with Gasteiger partial charge in [-0.2, -0.15) is 0 Å². The normalized spacial score (nSPS) is 14.7. The van der Waals surface area contributed by atoms with Gasteiger partial charge in [-0.1, -0.05) is 91.8 Å². The predicted octanol–water partition coefficient (Wildman–Crippen LogP) is 0.518. The maximum atomic E-state index is 13.9. The number of nitrogens with one attached hydrogen (secondary N) is 1. The van der Waals surface area contributed by atoms with E-state index in [0.717, 1.165) is 33.4 Å². The molecule has 0 aliphatic carbocycles. The minimum atomic E-state index is -1.00. The van der Waals surface area contributed by atoms with Gasteiger partial charge in [0.15, 0.2) is 0 Å². The summed E-state index contributed by atoms with van der Waals surface area (Å²) in [6.07, 6.45) is 0.165. The van der Waals surface area contributed by atoms with Crippen LogP contribution < -0.4 is 39.3 Å². The number of carbonyl (C=O) groups excluding carboxylic acids is 2. The van der Waals surface area contributed by atoms with Crippen LogP contribution >= 0.6 is 0 Å². The van der Waals surface area contributed by atoms with Gasteiger partial charge < -0.3 is 34.0 Å². The van der Waals surface area contributed by atoms with Crippen LogP contribution in [0.1, 0.15) is 119 Å². The second-order valence-corrected chi connectivity index (χ2v) is 10.2. The third-order valence-corrected chi connectivity index (χ3v) is 6.67. The molecule has 3 nitrogen and oxygen atoms in total. The van der Waals surface area contributed by atoms with E-state index in [1.807, 2.05) is 0 Å². The van der Waals surface area contributed by atoms with E-state index < -0.39 is 5.41 Å². The Morgan fingerprint density at radius 3 is 1.15 bits per heavy atom. The van der Waals surface area contributed by atoms with Crippen LogP contribution in [-0.4, -0.2) is 11.8 Å². The van der Waals surface area contributed by atoms with Crippen molar-refractivity contribution in [2.45, 2.75) is 90.9 Å². The van der Waals surface area contributed by atoms with Gasteiger partial charge in [-0.15, -0.1) is 0 Å². The topological polar surface area (TPSA) is 46.2 Å². The quantitative estimate of drug-likeness (QED) is 0.371. The molecule has 6 heteroatoms. The van der Waals surface area contributed by atoms with Crippen molar-refractivity contribution >= 4 is 11.8 Å². The molecule has 1 aliphatic heterocycles. The second kappa shape index (κ2) is 12.8. The summed E-state index contributed by atoms with van der Waals surface area (Å²) in [6, 6.07) is 12.7. The Balaban J connectivity index is 0.00000363. The first kappa shape index (κ1) is 33.0. The fourth-order valence-electron chi connectivity index (χ4n) is 5.22. The van der Waals surface area contributed by atoms with Crippen molar-refractivity contribution in [1.29, 1.82) is 0 Å². The van der Waals surface area contributed by atoms with Gasteiger partial charge in [-0.25, -0.2) is 0 Å². The van der Waals surface area contributed by atoms with Gasteiger partial charge in [0.25, 0.3) is 0 Å². The van der Waals surface area contributed by atoms with Crippen molar-refractivity contribution < 1.29 is 60.0 Å². The van der Waals surface area contributed by atoms with Crippen LogP contribution in [0.15, 0.2) is 36.4 Å². The molecule has 34 heavy (non-hydrogen) atoms. The summed E-state index contributed by atoms with van der Waals surface area (Å²) in [5.41, 5.74) is 5.71. The summed E-state index contributed by atoms with van der Waals surface area (Å²) < 4.78 is 0. The van der Waals surface area contributed by atoms with Crippen LogP contribution in [0.2, 0.25) is 0 Å². The van der Waals surface area contributed by atoms with Gasteiger partial charge in [-0.05, 0) is 57.1 Å². The van der Waals surface area contributed by atoms with Crippen LogP contribution in [0, 0.1) is 0 Å². The van der Waals surface area contributed by atoms with Gasteiger partial charge in [0.1, 0.15) is 5.41 Å². The molecule has 0 spiro atoms. The predicted molar refractivity (Wildman–Crippen MR) is 128 cm³/mol. The van der Waals surface area contributed by atoms with Gasteiger partial charge >= 0.3 is 16.5 Å². The molecule has 0 bridgehead atoms. The molecule has 0 radical (unpaired) electrons. The first-order valence-corrected chi connectivity index (χ1v) is 11.6. The van der Waals surface area contributed by atoms with Crippen molar-refractivity contribution in [2.24, 2.45) is 0 Å². The van der Waals surface area contributed by atoms with Crippen LogP contribution in [0.4, 0.5) is 0 Å². The van der Waals surface area contributed by atoms with Crippen molar-refractivity contribution in [3.8, 4) is 0 Å². The Hall–Kier alpha value is -0.966. The molecule has 3 rings (SSSR count). The molecule has 1 heterocycles. The molecular weight excluding hydrogens is 601 g/mol. The smallest absolute Gasteiger partial charge is 1.00 e. The Morgan fingerprint density at radius 1 is 0.647 bits per heavy atom. The average Bonchev–Trinajstić information content (AvgIpc) is 3.00. The molecule has 1 aliphatic rings. The largest absolute Gasteiger partial charge is 2.00 e. The third-order valence-electron chi connectivity index (χ3n) is 6.67. The monoisotopic (exact) mass is 635 g/mol. The number of carbonyl (C=O) groups is 2. The molecular formula is C28H37Br2NNiO2. The Bertz CT molecular complexity index is 899. The summed E-state index contributed by atoms with van der Waals surface area (Å²) >= 11 is 0. The SMILES string of the molecule is CC(C)c1cccc(C(C)C)c1C1(c2c(C(C)C)cccc2C(C)C)CC(=O)NC1=O.[Br-].[Br-].[Ni+2]. The number of rotatable bonds is 6. The summed E-state index contributed by atoms with van der Waals surface area (Å²) in [5.74, 6) is 0.588. The number of imide groups is 1. The molecule has 190 valence electrons. The number of hydrogen-bond acceptors (Lipinski definition) is 2. The Labute approximate surface area is 236 Å². The van der Waals surface area contributed by atoms with Gasteiger partial charge in [-0.3, -0.25) is 14.9 Å². The Morgan fingerprint density at radius 2 is 0.941 bits per heavy atom. The zero-order valence-electron chi connectivity index (χ0n) is 21.4. The van der Waals surface area contributed by atoms with Crippen LogP contribution in [0.5, 0.6) is 0 Å². The van der Waals surface area contributed by atoms with Crippen LogP contribution in [-0.2, 0) is 31.5 Å². The van der Waals surface area contributed by atoms with E-state index in [2.05, 4.69) is 97.1 Å². The molecule has 1 N–H and O–H groups in total. The fraction of sp³-hybridized carbons (Fsp3) is 0.500. The van der Waals surface area contributed by atoms with E-state index in [4.69, 9.17) is 0 Å². The van der Waals surface area contributed by atoms with Gasteiger partial charge in [0.05, 0.1) is 0 Å². The standard InChI is InChI=1S/C28H37NO2.2BrH.Ni/c1-16(2)20-11-9-12-21(17(3)4)25(20)28(15-24(30)29-27(28)31)26-22(18(5)6)13-10-14-23(26)19(7)8;;;/h9-14,16-19H,15H2,1-8H3,(H,29,30,31);2*1H;/q;;;+2/p-2. The minimum Gasteiger partial charge on any atom is -1.00 e. The number of halogens is 2. The third kappa shape index (κ3) is 5.71. The fourth-order valence-corrected chi connectivity index (χ4v) is 5.22. The average molecular weight is 638 g/mol. The van der Waals surface area contributed by atoms with E-state index in [-0.39, 0.29) is 92.4 Å². The minimum absolute atomic E-state index is 0. The molecule has 0 unspecified atom stereocenters.